The van der Waals surface area contributed by atoms with E-state index in [1.165, 1.54) is 18.7 Å². The van der Waals surface area contributed by atoms with Gasteiger partial charge in [0.25, 0.3) is 5.92 Å². The fourth-order valence-electron chi connectivity index (χ4n) is 0.867. The van der Waals surface area contributed by atoms with Gasteiger partial charge in [0, 0.05) is 24.5 Å². The van der Waals surface area contributed by atoms with Crippen molar-refractivity contribution in [1.29, 1.82) is 0 Å². The SMILES string of the molecule is OCC(F)(F)CNCc1cncnc1. The molecule has 6 heteroatoms. The molecule has 1 aromatic rings. The first-order valence-corrected chi connectivity index (χ1v) is 4.07. The van der Waals surface area contributed by atoms with E-state index in [4.69, 9.17) is 5.11 Å². The van der Waals surface area contributed by atoms with E-state index in [-0.39, 0.29) is 6.54 Å². The van der Waals surface area contributed by atoms with Crippen LogP contribution in [0.3, 0.4) is 0 Å². The number of nitrogens with one attached hydrogen (secondary N) is 1. The van der Waals surface area contributed by atoms with Gasteiger partial charge < -0.3 is 10.4 Å². The lowest BCUT2D eigenvalue weighted by Crippen LogP contribution is -2.35. The van der Waals surface area contributed by atoms with Crippen LogP contribution in [-0.4, -0.2) is 34.1 Å². The molecule has 78 valence electrons. The van der Waals surface area contributed by atoms with E-state index in [1.54, 1.807) is 0 Å². The predicted octanol–water partition coefficient (Wildman–Crippen LogP) is 0.194. The van der Waals surface area contributed by atoms with Gasteiger partial charge in [0.2, 0.25) is 0 Å². The first-order valence-electron chi connectivity index (χ1n) is 4.07. The molecule has 1 rings (SSSR count). The number of nitrogens with zero attached hydrogens (tertiary/aromatic N) is 2. The third-order valence-electron chi connectivity index (χ3n) is 1.56. The topological polar surface area (TPSA) is 58.0 Å². The number of hydrogen-bond acceptors (Lipinski definition) is 4. The molecule has 0 bridgehead atoms. The first-order chi connectivity index (χ1) is 6.64. The molecule has 0 saturated carbocycles. The second-order valence-corrected chi connectivity index (χ2v) is 2.86. The molecule has 1 aromatic heterocycles. The Morgan fingerprint density at radius 1 is 1.36 bits per heavy atom. The molecule has 2 N–H and O–H groups in total. The summed E-state index contributed by atoms with van der Waals surface area (Å²) < 4.78 is 25.0. The summed E-state index contributed by atoms with van der Waals surface area (Å²) in [6.07, 6.45) is 4.44. The van der Waals surface area contributed by atoms with E-state index in [9.17, 15) is 8.78 Å². The van der Waals surface area contributed by atoms with Crippen molar-refractivity contribution >= 4 is 0 Å². The maximum atomic E-state index is 12.5. The van der Waals surface area contributed by atoms with E-state index < -0.39 is 19.1 Å². The van der Waals surface area contributed by atoms with Gasteiger partial charge in [0.05, 0.1) is 6.54 Å². The Labute approximate surface area is 80.0 Å². The molecule has 0 aliphatic rings. The monoisotopic (exact) mass is 203 g/mol. The second-order valence-electron chi connectivity index (χ2n) is 2.86. The minimum Gasteiger partial charge on any atom is -0.390 e. The molecular formula is C8H11F2N3O. The van der Waals surface area contributed by atoms with Gasteiger partial charge in [-0.05, 0) is 0 Å². The van der Waals surface area contributed by atoms with Gasteiger partial charge in [-0.3, -0.25) is 0 Å². The van der Waals surface area contributed by atoms with Crippen molar-refractivity contribution in [1.82, 2.24) is 15.3 Å². The molecule has 0 fully saturated rings. The number of rotatable bonds is 5. The molecule has 0 radical (unpaired) electrons. The van der Waals surface area contributed by atoms with Crippen LogP contribution >= 0.6 is 0 Å². The normalized spacial score (nSPS) is 11.6. The maximum absolute atomic E-state index is 12.5. The number of aliphatic hydroxyl groups is 1. The van der Waals surface area contributed by atoms with Gasteiger partial charge >= 0.3 is 0 Å². The van der Waals surface area contributed by atoms with Crippen LogP contribution in [0, 0.1) is 0 Å². The zero-order chi connectivity index (χ0) is 10.4. The van der Waals surface area contributed by atoms with Crippen LogP contribution in [-0.2, 0) is 6.54 Å². The maximum Gasteiger partial charge on any atom is 0.282 e. The van der Waals surface area contributed by atoms with Crippen LogP contribution in [0.5, 0.6) is 0 Å². The minimum absolute atomic E-state index is 0.260. The fraction of sp³-hybridized carbons (Fsp3) is 0.500. The number of aliphatic hydroxyl groups excluding tert-OH is 1. The molecular weight excluding hydrogens is 192 g/mol. The summed E-state index contributed by atoms with van der Waals surface area (Å²) in [5.74, 6) is -3.07. The summed E-state index contributed by atoms with van der Waals surface area (Å²) in [4.78, 5) is 7.46. The molecule has 4 nitrogen and oxygen atoms in total. The Hall–Kier alpha value is -1.14. The molecule has 0 aromatic carbocycles. The van der Waals surface area contributed by atoms with Crippen molar-refractivity contribution in [2.45, 2.75) is 12.5 Å². The highest BCUT2D eigenvalue weighted by Gasteiger charge is 2.26. The first kappa shape index (κ1) is 10.9. The molecule has 0 aliphatic carbocycles. The highest BCUT2D eigenvalue weighted by Crippen LogP contribution is 2.09. The zero-order valence-corrected chi connectivity index (χ0v) is 7.45. The average Bonchev–Trinajstić information content (AvgIpc) is 2.19. The van der Waals surface area contributed by atoms with Gasteiger partial charge in [-0.1, -0.05) is 0 Å². The highest BCUT2D eigenvalue weighted by atomic mass is 19.3. The van der Waals surface area contributed by atoms with E-state index in [1.807, 2.05) is 0 Å². The van der Waals surface area contributed by atoms with Gasteiger partial charge in [0.15, 0.2) is 0 Å². The van der Waals surface area contributed by atoms with Crippen LogP contribution in [0.4, 0.5) is 8.78 Å². The molecule has 0 amide bonds. The van der Waals surface area contributed by atoms with Crippen molar-refractivity contribution in [3.05, 3.63) is 24.3 Å². The van der Waals surface area contributed by atoms with Gasteiger partial charge in [-0.2, -0.15) is 0 Å². The van der Waals surface area contributed by atoms with Gasteiger partial charge in [-0.25, -0.2) is 18.7 Å². The Kier molecular flexibility index (Phi) is 3.84. The number of halogens is 2. The van der Waals surface area contributed by atoms with Crippen molar-refractivity contribution in [2.75, 3.05) is 13.2 Å². The van der Waals surface area contributed by atoms with Gasteiger partial charge in [-0.15, -0.1) is 0 Å². The predicted molar refractivity (Wildman–Crippen MR) is 45.8 cm³/mol. The lowest BCUT2D eigenvalue weighted by molar-refractivity contribution is -0.0477. The second kappa shape index (κ2) is 4.92. The Balaban J connectivity index is 2.29. The average molecular weight is 203 g/mol. The third-order valence-corrected chi connectivity index (χ3v) is 1.56. The van der Waals surface area contributed by atoms with Crippen LogP contribution in [0.25, 0.3) is 0 Å². The molecule has 0 unspecified atom stereocenters. The minimum atomic E-state index is -3.07. The quantitative estimate of drug-likeness (QED) is 0.717. The van der Waals surface area contributed by atoms with E-state index in [2.05, 4.69) is 15.3 Å². The van der Waals surface area contributed by atoms with E-state index >= 15 is 0 Å². The lowest BCUT2D eigenvalue weighted by atomic mass is 10.3. The van der Waals surface area contributed by atoms with E-state index in [0.717, 1.165) is 5.56 Å². The summed E-state index contributed by atoms with van der Waals surface area (Å²) >= 11 is 0. The molecule has 0 saturated heterocycles. The van der Waals surface area contributed by atoms with Crippen molar-refractivity contribution in [3.8, 4) is 0 Å². The Morgan fingerprint density at radius 3 is 2.57 bits per heavy atom. The molecule has 14 heavy (non-hydrogen) atoms. The Bertz CT molecular complexity index is 269. The Morgan fingerprint density at radius 2 is 2.00 bits per heavy atom. The number of aromatic nitrogens is 2. The summed E-state index contributed by atoms with van der Waals surface area (Å²) in [5, 5.41) is 10.8. The van der Waals surface area contributed by atoms with Crippen molar-refractivity contribution < 1.29 is 13.9 Å². The molecule has 1 heterocycles. The summed E-state index contributed by atoms with van der Waals surface area (Å²) in [6.45, 7) is -1.44. The van der Waals surface area contributed by atoms with E-state index in [0.29, 0.717) is 0 Å². The third kappa shape index (κ3) is 3.71. The van der Waals surface area contributed by atoms with Crippen molar-refractivity contribution in [3.63, 3.8) is 0 Å². The molecule has 0 atom stereocenters. The lowest BCUT2D eigenvalue weighted by Gasteiger charge is -2.13. The molecule has 0 aliphatic heterocycles. The smallest absolute Gasteiger partial charge is 0.282 e. The standard InChI is InChI=1S/C8H11F2N3O/c9-8(10,5-14)4-11-1-7-2-12-6-13-3-7/h2-3,6,11,14H,1,4-5H2. The molecule has 0 spiro atoms. The fourth-order valence-corrected chi connectivity index (χ4v) is 0.867. The van der Waals surface area contributed by atoms with Crippen LogP contribution in [0.15, 0.2) is 18.7 Å². The van der Waals surface area contributed by atoms with Crippen LogP contribution < -0.4 is 5.32 Å². The number of hydrogen-bond donors (Lipinski definition) is 2. The number of alkyl halides is 2. The van der Waals surface area contributed by atoms with Crippen molar-refractivity contribution in [2.24, 2.45) is 0 Å². The highest BCUT2D eigenvalue weighted by molar-refractivity contribution is 5.01. The van der Waals surface area contributed by atoms with Crippen LogP contribution in [0.1, 0.15) is 5.56 Å². The summed E-state index contributed by atoms with van der Waals surface area (Å²) in [6, 6.07) is 0. The zero-order valence-electron chi connectivity index (χ0n) is 7.45. The van der Waals surface area contributed by atoms with Gasteiger partial charge in [0.1, 0.15) is 12.9 Å². The largest absolute Gasteiger partial charge is 0.390 e. The van der Waals surface area contributed by atoms with Crippen LogP contribution in [0.2, 0.25) is 0 Å². The summed E-state index contributed by atoms with van der Waals surface area (Å²) in [5.41, 5.74) is 0.723. The summed E-state index contributed by atoms with van der Waals surface area (Å²) in [7, 11) is 0.